The Bertz CT molecular complexity index is 523. The molecule has 74 valence electrons. The predicted molar refractivity (Wildman–Crippen MR) is 68.8 cm³/mol. The fourth-order valence-corrected chi connectivity index (χ4v) is 4.27. The molecule has 0 nitrogen and oxygen atoms in total. The Balaban J connectivity index is 2.11. The Labute approximate surface area is 106 Å². The van der Waals surface area contributed by atoms with Gasteiger partial charge in [-0.05, 0) is 30.3 Å². The van der Waals surface area contributed by atoms with Gasteiger partial charge in [-0.3, -0.25) is 0 Å². The van der Waals surface area contributed by atoms with Crippen molar-refractivity contribution in [1.82, 2.24) is 0 Å². The van der Waals surface area contributed by atoms with E-state index in [0.717, 1.165) is 4.47 Å². The van der Waals surface area contributed by atoms with Crippen molar-refractivity contribution in [3.63, 3.8) is 0 Å². The molecule has 0 saturated carbocycles. The van der Waals surface area contributed by atoms with Gasteiger partial charge in [-0.1, -0.05) is 51.6 Å². The first-order valence-electron chi connectivity index (χ1n) is 4.57. The molecule has 0 aromatic heterocycles. The highest BCUT2D eigenvalue weighted by Gasteiger charge is 2.15. The van der Waals surface area contributed by atoms with Crippen molar-refractivity contribution in [2.45, 2.75) is 19.6 Å². The van der Waals surface area contributed by atoms with Crippen LogP contribution in [-0.4, -0.2) is 0 Å². The minimum Gasteiger partial charge on any atom is -0.0877 e. The standard InChI is InChI=1S/C12H7BrS2/c13-8-5-6-11-12(7-8)15-10-4-2-1-3-9(10)14-11/h1-7H. The summed E-state index contributed by atoms with van der Waals surface area (Å²) in [5.41, 5.74) is 0. The lowest BCUT2D eigenvalue weighted by Gasteiger charge is -2.17. The summed E-state index contributed by atoms with van der Waals surface area (Å²) in [5.74, 6) is 0. The Morgan fingerprint density at radius 1 is 0.733 bits per heavy atom. The van der Waals surface area contributed by atoms with Gasteiger partial charge < -0.3 is 0 Å². The van der Waals surface area contributed by atoms with E-state index < -0.39 is 0 Å². The van der Waals surface area contributed by atoms with Crippen LogP contribution in [0, 0.1) is 0 Å². The number of hydrogen-bond acceptors (Lipinski definition) is 2. The Kier molecular flexibility index (Phi) is 2.54. The van der Waals surface area contributed by atoms with Crippen LogP contribution in [-0.2, 0) is 0 Å². The minimum absolute atomic E-state index is 1.15. The van der Waals surface area contributed by atoms with Crippen LogP contribution in [0.1, 0.15) is 0 Å². The molecule has 0 radical (unpaired) electrons. The molecule has 3 heteroatoms. The van der Waals surface area contributed by atoms with E-state index >= 15 is 0 Å². The van der Waals surface area contributed by atoms with Gasteiger partial charge in [-0.15, -0.1) is 0 Å². The fraction of sp³-hybridized carbons (Fsp3) is 0. The van der Waals surface area contributed by atoms with E-state index in [-0.39, 0.29) is 0 Å². The molecular formula is C12H7BrS2. The van der Waals surface area contributed by atoms with E-state index in [0.29, 0.717) is 0 Å². The van der Waals surface area contributed by atoms with Crippen molar-refractivity contribution in [3.8, 4) is 0 Å². The summed E-state index contributed by atoms with van der Waals surface area (Å²) in [6, 6.07) is 15.0. The van der Waals surface area contributed by atoms with Crippen molar-refractivity contribution in [1.29, 1.82) is 0 Å². The number of rotatable bonds is 0. The molecule has 0 atom stereocenters. The van der Waals surface area contributed by atoms with Crippen LogP contribution < -0.4 is 0 Å². The van der Waals surface area contributed by atoms with E-state index in [4.69, 9.17) is 0 Å². The average molecular weight is 295 g/mol. The Morgan fingerprint density at radius 2 is 1.33 bits per heavy atom. The SMILES string of the molecule is Brc1ccc2c(c1)Sc1ccccc1S2. The first-order valence-corrected chi connectivity index (χ1v) is 7.00. The quantitative estimate of drug-likeness (QED) is 0.568. The summed E-state index contributed by atoms with van der Waals surface area (Å²) < 4.78 is 1.15. The van der Waals surface area contributed by atoms with Gasteiger partial charge in [-0.2, -0.15) is 0 Å². The Morgan fingerprint density at radius 3 is 2.07 bits per heavy atom. The highest BCUT2D eigenvalue weighted by Crippen LogP contribution is 2.48. The van der Waals surface area contributed by atoms with Crippen molar-refractivity contribution in [2.75, 3.05) is 0 Å². The highest BCUT2D eigenvalue weighted by molar-refractivity contribution is 9.10. The lowest BCUT2D eigenvalue weighted by molar-refractivity contribution is 1.15. The zero-order valence-electron chi connectivity index (χ0n) is 7.74. The largest absolute Gasteiger partial charge is 0.0877 e. The minimum atomic E-state index is 1.15. The summed E-state index contributed by atoms with van der Waals surface area (Å²) in [4.78, 5) is 5.40. The van der Waals surface area contributed by atoms with Gasteiger partial charge >= 0.3 is 0 Å². The van der Waals surface area contributed by atoms with E-state index in [2.05, 4.69) is 58.4 Å². The lowest BCUT2D eigenvalue weighted by atomic mass is 10.3. The van der Waals surface area contributed by atoms with Gasteiger partial charge in [0.15, 0.2) is 0 Å². The molecular weight excluding hydrogens is 288 g/mol. The van der Waals surface area contributed by atoms with Crippen LogP contribution in [0.15, 0.2) is 66.5 Å². The molecule has 2 aromatic rings. The summed E-state index contributed by atoms with van der Waals surface area (Å²) in [6.07, 6.45) is 0. The molecule has 0 bridgehead atoms. The molecule has 2 aromatic carbocycles. The second-order valence-corrected chi connectivity index (χ2v) is 6.33. The van der Waals surface area contributed by atoms with E-state index in [9.17, 15) is 0 Å². The number of benzene rings is 2. The maximum atomic E-state index is 3.51. The van der Waals surface area contributed by atoms with Gasteiger partial charge in [-0.25, -0.2) is 0 Å². The molecule has 3 rings (SSSR count). The van der Waals surface area contributed by atoms with E-state index in [1.165, 1.54) is 19.6 Å². The van der Waals surface area contributed by atoms with Gasteiger partial charge in [0.05, 0.1) is 0 Å². The first kappa shape index (κ1) is 9.82. The summed E-state index contributed by atoms with van der Waals surface area (Å²) >= 11 is 7.20. The number of hydrogen-bond donors (Lipinski definition) is 0. The van der Waals surface area contributed by atoms with Crippen LogP contribution in [0.3, 0.4) is 0 Å². The third-order valence-corrected chi connectivity index (χ3v) is 5.23. The van der Waals surface area contributed by atoms with Crippen molar-refractivity contribution < 1.29 is 0 Å². The average Bonchev–Trinajstić information content (AvgIpc) is 2.26. The number of fused-ring (bicyclic) bond motifs is 2. The van der Waals surface area contributed by atoms with Crippen LogP contribution in [0.4, 0.5) is 0 Å². The maximum absolute atomic E-state index is 3.51. The second-order valence-electron chi connectivity index (χ2n) is 3.24. The molecule has 1 aliphatic rings. The van der Waals surface area contributed by atoms with Crippen LogP contribution in [0.2, 0.25) is 0 Å². The van der Waals surface area contributed by atoms with Crippen LogP contribution in [0.5, 0.6) is 0 Å². The predicted octanol–water partition coefficient (Wildman–Crippen LogP) is 5.06. The van der Waals surface area contributed by atoms with Crippen molar-refractivity contribution in [2.24, 2.45) is 0 Å². The lowest BCUT2D eigenvalue weighted by Crippen LogP contribution is -1.88. The second kappa shape index (κ2) is 3.89. The molecule has 1 aliphatic heterocycles. The van der Waals surface area contributed by atoms with Crippen molar-refractivity contribution in [3.05, 3.63) is 46.9 Å². The molecule has 0 spiro atoms. The van der Waals surface area contributed by atoms with Crippen LogP contribution in [0.25, 0.3) is 0 Å². The maximum Gasteiger partial charge on any atom is 0.0273 e. The summed E-state index contributed by atoms with van der Waals surface area (Å²) in [6.45, 7) is 0. The topological polar surface area (TPSA) is 0 Å². The third-order valence-electron chi connectivity index (χ3n) is 2.19. The van der Waals surface area contributed by atoms with Gasteiger partial charge in [0.25, 0.3) is 0 Å². The molecule has 0 N–H and O–H groups in total. The molecule has 0 saturated heterocycles. The summed E-state index contributed by atoms with van der Waals surface area (Å²) in [5, 5.41) is 0. The van der Waals surface area contributed by atoms with Crippen LogP contribution >= 0.6 is 39.5 Å². The Hall–Kier alpha value is -0.380. The van der Waals surface area contributed by atoms with Gasteiger partial charge in [0, 0.05) is 24.1 Å². The highest BCUT2D eigenvalue weighted by atomic mass is 79.9. The van der Waals surface area contributed by atoms with E-state index in [1.54, 1.807) is 0 Å². The molecule has 15 heavy (non-hydrogen) atoms. The molecule has 0 unspecified atom stereocenters. The molecule has 0 amide bonds. The molecule has 0 fully saturated rings. The number of halogens is 1. The smallest absolute Gasteiger partial charge is 0.0273 e. The van der Waals surface area contributed by atoms with Gasteiger partial charge in [0.1, 0.15) is 0 Å². The first-order chi connectivity index (χ1) is 7.33. The molecule has 1 heterocycles. The van der Waals surface area contributed by atoms with Gasteiger partial charge in [0.2, 0.25) is 0 Å². The monoisotopic (exact) mass is 294 g/mol. The normalized spacial score (nSPS) is 13.1. The zero-order valence-corrected chi connectivity index (χ0v) is 11.0. The summed E-state index contributed by atoms with van der Waals surface area (Å²) in [7, 11) is 0. The third kappa shape index (κ3) is 1.84. The molecule has 0 aliphatic carbocycles. The van der Waals surface area contributed by atoms with E-state index in [1.807, 2.05) is 23.5 Å². The fourth-order valence-electron chi connectivity index (χ4n) is 1.50. The van der Waals surface area contributed by atoms with Crippen molar-refractivity contribution >= 4 is 39.5 Å². The zero-order chi connectivity index (χ0) is 10.3.